The van der Waals surface area contributed by atoms with Gasteiger partial charge in [0, 0.05) is 16.1 Å². The average molecular weight is 436 g/mol. The molecule has 0 saturated carbocycles. The minimum Gasteiger partial charge on any atom is -0.365 e. The second-order valence-electron chi connectivity index (χ2n) is 6.86. The molecule has 156 valence electrons. The molecule has 0 aliphatic heterocycles. The number of rotatable bonds is 5. The summed E-state index contributed by atoms with van der Waals surface area (Å²) in [6.45, 7) is 3.65. The molecule has 0 spiro atoms. The number of primary amides is 1. The van der Waals surface area contributed by atoms with E-state index in [0.29, 0.717) is 21.8 Å². The number of nitrogens with two attached hydrogens (primary N) is 1. The molecule has 0 aliphatic rings. The summed E-state index contributed by atoms with van der Waals surface area (Å²) in [6, 6.07) is 15.9. The first kappa shape index (κ1) is 20.4. The van der Waals surface area contributed by atoms with Gasteiger partial charge in [-0.3, -0.25) is 14.9 Å². The van der Waals surface area contributed by atoms with E-state index in [0.717, 1.165) is 11.4 Å². The third-order valence-electron chi connectivity index (χ3n) is 4.78. The molecule has 0 unspecified atom stereocenters. The molecule has 2 aromatic heterocycles. The quantitative estimate of drug-likeness (QED) is 0.488. The number of amides is 2. The minimum absolute atomic E-state index is 0.0332. The fraction of sp³-hybridized carbons (Fsp3) is 0.0909. The van der Waals surface area contributed by atoms with Crippen molar-refractivity contribution in [3.8, 4) is 16.9 Å². The van der Waals surface area contributed by atoms with Gasteiger partial charge in [0.15, 0.2) is 0 Å². The van der Waals surface area contributed by atoms with Crippen molar-refractivity contribution >= 4 is 29.3 Å². The zero-order valence-corrected chi connectivity index (χ0v) is 17.5. The van der Waals surface area contributed by atoms with E-state index in [-0.39, 0.29) is 17.1 Å². The van der Waals surface area contributed by atoms with Crippen LogP contribution in [0.15, 0.2) is 59.1 Å². The highest BCUT2D eigenvalue weighted by Gasteiger charge is 2.28. The van der Waals surface area contributed by atoms with E-state index in [1.54, 1.807) is 29.8 Å². The van der Waals surface area contributed by atoms with Crippen LogP contribution >= 0.6 is 11.6 Å². The van der Waals surface area contributed by atoms with Gasteiger partial charge in [-0.15, -0.1) is 0 Å². The SMILES string of the molecule is Cc1nn(-c2ccccc2)c(C)c1-c1noc(NC(=O)c2cccc(Cl)c2)c1C(N)=O. The number of para-hydroxylation sites is 1. The van der Waals surface area contributed by atoms with Gasteiger partial charge < -0.3 is 10.3 Å². The lowest BCUT2D eigenvalue weighted by Gasteiger charge is -2.05. The molecule has 0 bridgehead atoms. The van der Waals surface area contributed by atoms with Gasteiger partial charge in [-0.25, -0.2) is 4.68 Å². The fourth-order valence-corrected chi connectivity index (χ4v) is 3.58. The molecule has 0 saturated heterocycles. The molecule has 0 atom stereocenters. The molecular weight excluding hydrogens is 418 g/mol. The van der Waals surface area contributed by atoms with Crippen molar-refractivity contribution in [2.24, 2.45) is 5.73 Å². The van der Waals surface area contributed by atoms with Crippen LogP contribution in [0.25, 0.3) is 16.9 Å². The van der Waals surface area contributed by atoms with Gasteiger partial charge in [-0.1, -0.05) is 41.0 Å². The van der Waals surface area contributed by atoms with Gasteiger partial charge in [0.25, 0.3) is 11.8 Å². The average Bonchev–Trinajstić information content (AvgIpc) is 3.28. The normalized spacial score (nSPS) is 10.8. The lowest BCUT2D eigenvalue weighted by molar-refractivity contribution is 0.100. The smallest absolute Gasteiger partial charge is 0.258 e. The van der Waals surface area contributed by atoms with Crippen LogP contribution in [-0.2, 0) is 0 Å². The van der Waals surface area contributed by atoms with Crippen molar-refractivity contribution in [2.45, 2.75) is 13.8 Å². The van der Waals surface area contributed by atoms with Crippen molar-refractivity contribution in [3.63, 3.8) is 0 Å². The summed E-state index contributed by atoms with van der Waals surface area (Å²) >= 11 is 5.95. The van der Waals surface area contributed by atoms with E-state index in [4.69, 9.17) is 21.9 Å². The van der Waals surface area contributed by atoms with Crippen LogP contribution in [-0.4, -0.2) is 26.8 Å². The Hall–Kier alpha value is -3.91. The van der Waals surface area contributed by atoms with E-state index in [2.05, 4.69) is 15.6 Å². The van der Waals surface area contributed by atoms with Crippen molar-refractivity contribution in [1.29, 1.82) is 0 Å². The summed E-state index contributed by atoms with van der Waals surface area (Å²) in [6.07, 6.45) is 0. The summed E-state index contributed by atoms with van der Waals surface area (Å²) in [4.78, 5) is 24.9. The van der Waals surface area contributed by atoms with Crippen molar-refractivity contribution in [1.82, 2.24) is 14.9 Å². The first-order valence-corrected chi connectivity index (χ1v) is 9.73. The summed E-state index contributed by atoms with van der Waals surface area (Å²) < 4.78 is 7.05. The Kier molecular flexibility index (Phi) is 5.31. The van der Waals surface area contributed by atoms with Crippen LogP contribution < -0.4 is 11.1 Å². The lowest BCUT2D eigenvalue weighted by Crippen LogP contribution is -2.17. The van der Waals surface area contributed by atoms with Gasteiger partial charge >= 0.3 is 0 Å². The number of carbonyl (C=O) groups excluding carboxylic acids is 2. The van der Waals surface area contributed by atoms with Crippen molar-refractivity contribution in [3.05, 3.63) is 82.1 Å². The Bertz CT molecular complexity index is 1290. The third-order valence-corrected chi connectivity index (χ3v) is 5.02. The Labute approximate surface area is 182 Å². The fourth-order valence-electron chi connectivity index (χ4n) is 3.39. The number of nitrogens with zero attached hydrogens (tertiary/aromatic N) is 3. The van der Waals surface area contributed by atoms with Crippen LogP contribution in [0.2, 0.25) is 5.02 Å². The molecule has 9 heteroatoms. The van der Waals surface area contributed by atoms with Crippen molar-refractivity contribution in [2.75, 3.05) is 5.32 Å². The molecule has 8 nitrogen and oxygen atoms in total. The maximum Gasteiger partial charge on any atom is 0.258 e. The van der Waals surface area contributed by atoms with E-state index >= 15 is 0 Å². The van der Waals surface area contributed by atoms with Crippen LogP contribution in [0.1, 0.15) is 32.1 Å². The summed E-state index contributed by atoms with van der Waals surface area (Å²) in [5.41, 5.74) is 8.92. The molecule has 0 fully saturated rings. The standard InChI is InChI=1S/C22H18ClN5O3/c1-12-17(13(2)28(26-12)16-9-4-3-5-10-16)19-18(20(24)29)22(31-27-19)25-21(30)14-7-6-8-15(23)11-14/h3-11H,1-2H3,(H2,24,29)(H,25,30). The van der Waals surface area contributed by atoms with Gasteiger partial charge in [-0.2, -0.15) is 5.10 Å². The zero-order valence-electron chi connectivity index (χ0n) is 16.7. The first-order valence-electron chi connectivity index (χ1n) is 9.35. The van der Waals surface area contributed by atoms with E-state index in [1.807, 2.05) is 37.3 Å². The first-order chi connectivity index (χ1) is 14.9. The third kappa shape index (κ3) is 3.80. The molecule has 0 radical (unpaired) electrons. The molecule has 2 amide bonds. The Morgan fingerprint density at radius 3 is 2.52 bits per heavy atom. The number of aromatic nitrogens is 3. The molecule has 2 heterocycles. The largest absolute Gasteiger partial charge is 0.365 e. The maximum absolute atomic E-state index is 12.6. The predicted molar refractivity (Wildman–Crippen MR) is 116 cm³/mol. The molecule has 4 rings (SSSR count). The molecule has 31 heavy (non-hydrogen) atoms. The monoisotopic (exact) mass is 435 g/mol. The zero-order chi connectivity index (χ0) is 22.1. The number of hydrogen-bond acceptors (Lipinski definition) is 5. The number of aryl methyl sites for hydroxylation is 1. The van der Waals surface area contributed by atoms with E-state index in [9.17, 15) is 9.59 Å². The van der Waals surface area contributed by atoms with Crippen LogP contribution in [0.5, 0.6) is 0 Å². The van der Waals surface area contributed by atoms with Gasteiger partial charge in [0.1, 0.15) is 11.3 Å². The minimum atomic E-state index is -0.788. The van der Waals surface area contributed by atoms with Crippen LogP contribution in [0, 0.1) is 13.8 Å². The summed E-state index contributed by atoms with van der Waals surface area (Å²) in [7, 11) is 0. The van der Waals surface area contributed by atoms with Gasteiger partial charge in [0.05, 0.1) is 17.1 Å². The lowest BCUT2D eigenvalue weighted by atomic mass is 10.0. The molecule has 0 aliphatic carbocycles. The molecule has 2 aromatic carbocycles. The highest BCUT2D eigenvalue weighted by Crippen LogP contribution is 2.34. The van der Waals surface area contributed by atoms with Crippen LogP contribution in [0.4, 0.5) is 5.88 Å². The molecular formula is C22H18ClN5O3. The number of anilines is 1. The topological polar surface area (TPSA) is 116 Å². The van der Waals surface area contributed by atoms with Crippen LogP contribution in [0.3, 0.4) is 0 Å². The number of nitrogens with one attached hydrogen (secondary N) is 1. The molecule has 4 aromatic rings. The number of carbonyl (C=O) groups is 2. The Morgan fingerprint density at radius 1 is 1.10 bits per heavy atom. The van der Waals surface area contributed by atoms with Gasteiger partial charge in [-0.05, 0) is 44.2 Å². The predicted octanol–water partition coefficient (Wildman–Crippen LogP) is 4.15. The second kappa shape index (κ2) is 8.08. The maximum atomic E-state index is 12.6. The number of hydrogen-bond donors (Lipinski definition) is 2. The van der Waals surface area contributed by atoms with Gasteiger partial charge in [0.2, 0.25) is 5.88 Å². The highest BCUT2D eigenvalue weighted by atomic mass is 35.5. The van der Waals surface area contributed by atoms with E-state index < -0.39 is 11.8 Å². The number of halogens is 1. The number of benzene rings is 2. The Morgan fingerprint density at radius 2 is 1.84 bits per heavy atom. The van der Waals surface area contributed by atoms with E-state index in [1.165, 1.54) is 6.07 Å². The van der Waals surface area contributed by atoms with Crippen molar-refractivity contribution < 1.29 is 14.1 Å². The second-order valence-corrected chi connectivity index (χ2v) is 7.29. The highest BCUT2D eigenvalue weighted by molar-refractivity contribution is 6.31. The summed E-state index contributed by atoms with van der Waals surface area (Å²) in [5, 5.41) is 11.5. The summed E-state index contributed by atoms with van der Waals surface area (Å²) in [5.74, 6) is -1.44. The Balaban J connectivity index is 1.76. The molecule has 3 N–H and O–H groups in total.